The lowest BCUT2D eigenvalue weighted by Gasteiger charge is -2.32. The van der Waals surface area contributed by atoms with Crippen molar-refractivity contribution in [1.82, 2.24) is 14.9 Å². The number of aromatic amines is 1. The van der Waals surface area contributed by atoms with Crippen molar-refractivity contribution >= 4 is 22.4 Å². The smallest absolute Gasteiger partial charge is 0.107 e. The van der Waals surface area contributed by atoms with Gasteiger partial charge in [0.2, 0.25) is 0 Å². The first-order valence-electron chi connectivity index (χ1n) is 8.04. The Kier molecular flexibility index (Phi) is 3.95. The van der Waals surface area contributed by atoms with Crippen LogP contribution in [-0.2, 0) is 13.0 Å². The van der Waals surface area contributed by atoms with Crippen LogP contribution in [0.15, 0.2) is 41.1 Å². The van der Waals surface area contributed by atoms with Crippen LogP contribution in [0, 0.1) is 5.92 Å². The van der Waals surface area contributed by atoms with E-state index in [1.165, 1.54) is 31.5 Å². The van der Waals surface area contributed by atoms with Gasteiger partial charge in [-0.05, 0) is 59.8 Å². The maximum atomic E-state index is 4.74. The van der Waals surface area contributed by atoms with Crippen molar-refractivity contribution in [1.29, 1.82) is 0 Å². The summed E-state index contributed by atoms with van der Waals surface area (Å²) in [6.07, 6.45) is 3.68. The number of aromatic nitrogens is 2. The molecule has 0 saturated carbocycles. The summed E-state index contributed by atoms with van der Waals surface area (Å²) in [6, 6.07) is 10.5. The van der Waals surface area contributed by atoms with Crippen LogP contribution in [0.3, 0.4) is 0 Å². The van der Waals surface area contributed by atoms with E-state index in [1.807, 2.05) is 0 Å². The summed E-state index contributed by atoms with van der Waals surface area (Å²) in [4.78, 5) is 10.8. The van der Waals surface area contributed by atoms with Gasteiger partial charge in [0.15, 0.2) is 0 Å². The van der Waals surface area contributed by atoms with Crippen LogP contribution in [0.4, 0.5) is 0 Å². The lowest BCUT2D eigenvalue weighted by Crippen LogP contribution is -2.35. The van der Waals surface area contributed by atoms with Gasteiger partial charge in [-0.15, -0.1) is 0 Å². The molecule has 1 aliphatic heterocycles. The molecule has 1 saturated heterocycles. The molecule has 4 heteroatoms. The second-order valence-electron chi connectivity index (χ2n) is 6.28. The molecule has 0 spiro atoms. The number of benzene rings is 1. The molecule has 114 valence electrons. The van der Waals surface area contributed by atoms with Crippen molar-refractivity contribution < 1.29 is 0 Å². The highest BCUT2D eigenvalue weighted by molar-refractivity contribution is 7.07. The highest BCUT2D eigenvalue weighted by atomic mass is 32.1. The number of para-hydroxylation sites is 2. The molecule has 1 unspecified atom stereocenters. The minimum atomic E-state index is 0.716. The first-order valence-corrected chi connectivity index (χ1v) is 8.98. The zero-order chi connectivity index (χ0) is 14.8. The third kappa shape index (κ3) is 3.08. The zero-order valence-corrected chi connectivity index (χ0v) is 13.5. The predicted molar refractivity (Wildman–Crippen MR) is 92.1 cm³/mol. The SMILES string of the molecule is c1ccc2[nH]c(CC3CCCN(Cc4ccsc4)C3)nc2c1. The average Bonchev–Trinajstić information content (AvgIpc) is 3.16. The molecule has 1 aliphatic rings. The van der Waals surface area contributed by atoms with Crippen molar-refractivity contribution in [3.05, 3.63) is 52.5 Å². The lowest BCUT2D eigenvalue weighted by molar-refractivity contribution is 0.166. The Balaban J connectivity index is 1.41. The van der Waals surface area contributed by atoms with E-state index >= 15 is 0 Å². The minimum Gasteiger partial charge on any atom is -0.342 e. The van der Waals surface area contributed by atoms with Gasteiger partial charge in [-0.25, -0.2) is 4.98 Å². The van der Waals surface area contributed by atoms with Crippen molar-refractivity contribution in [3.8, 4) is 0 Å². The zero-order valence-electron chi connectivity index (χ0n) is 12.7. The van der Waals surface area contributed by atoms with Crippen LogP contribution in [0.5, 0.6) is 0 Å². The molecule has 1 N–H and O–H groups in total. The Hall–Kier alpha value is -1.65. The fourth-order valence-corrected chi connectivity index (χ4v) is 4.14. The molecule has 1 atom stereocenters. The van der Waals surface area contributed by atoms with Gasteiger partial charge in [0, 0.05) is 19.5 Å². The number of piperidine rings is 1. The molecule has 0 radical (unpaired) electrons. The fraction of sp³-hybridized carbons (Fsp3) is 0.389. The molecular weight excluding hydrogens is 290 g/mol. The highest BCUT2D eigenvalue weighted by Crippen LogP contribution is 2.23. The summed E-state index contributed by atoms with van der Waals surface area (Å²) in [5, 5.41) is 4.44. The third-order valence-electron chi connectivity index (χ3n) is 4.51. The normalized spacial score (nSPS) is 19.7. The summed E-state index contributed by atoms with van der Waals surface area (Å²) < 4.78 is 0. The van der Waals surface area contributed by atoms with Gasteiger partial charge in [-0.1, -0.05) is 12.1 Å². The van der Waals surface area contributed by atoms with Gasteiger partial charge in [0.25, 0.3) is 0 Å². The van der Waals surface area contributed by atoms with Crippen LogP contribution < -0.4 is 0 Å². The first kappa shape index (κ1) is 14.0. The average molecular weight is 311 g/mol. The van der Waals surface area contributed by atoms with Crippen molar-refractivity contribution in [2.45, 2.75) is 25.8 Å². The summed E-state index contributed by atoms with van der Waals surface area (Å²) >= 11 is 1.79. The molecule has 0 aliphatic carbocycles. The predicted octanol–water partition coefficient (Wildman–Crippen LogP) is 4.08. The van der Waals surface area contributed by atoms with Crippen LogP contribution in [0.1, 0.15) is 24.2 Å². The molecule has 1 fully saturated rings. The van der Waals surface area contributed by atoms with Crippen LogP contribution >= 0.6 is 11.3 Å². The van der Waals surface area contributed by atoms with E-state index in [9.17, 15) is 0 Å². The van der Waals surface area contributed by atoms with Gasteiger partial charge in [0.05, 0.1) is 11.0 Å². The number of nitrogens with zero attached hydrogens (tertiary/aromatic N) is 2. The first-order chi connectivity index (χ1) is 10.9. The topological polar surface area (TPSA) is 31.9 Å². The number of likely N-dealkylation sites (tertiary alicyclic amines) is 1. The number of imidazole rings is 1. The maximum Gasteiger partial charge on any atom is 0.107 e. The number of H-pyrrole nitrogens is 1. The van der Waals surface area contributed by atoms with Crippen molar-refractivity contribution in [2.24, 2.45) is 5.92 Å². The monoisotopic (exact) mass is 311 g/mol. The van der Waals surface area contributed by atoms with Gasteiger partial charge in [-0.3, -0.25) is 4.90 Å². The Morgan fingerprint density at radius 1 is 1.27 bits per heavy atom. The molecular formula is C18H21N3S. The molecule has 4 rings (SSSR count). The second kappa shape index (κ2) is 6.23. The van der Waals surface area contributed by atoms with Gasteiger partial charge < -0.3 is 4.98 Å². The molecule has 3 heterocycles. The molecule has 22 heavy (non-hydrogen) atoms. The molecule has 3 nitrogen and oxygen atoms in total. The minimum absolute atomic E-state index is 0.716. The fourth-order valence-electron chi connectivity index (χ4n) is 3.48. The summed E-state index contributed by atoms with van der Waals surface area (Å²) in [5.74, 6) is 1.86. The van der Waals surface area contributed by atoms with E-state index in [2.05, 4.69) is 51.0 Å². The molecule has 1 aromatic carbocycles. The van der Waals surface area contributed by atoms with Gasteiger partial charge in [-0.2, -0.15) is 11.3 Å². The Bertz CT molecular complexity index is 699. The van der Waals surface area contributed by atoms with Crippen LogP contribution in [-0.4, -0.2) is 28.0 Å². The van der Waals surface area contributed by atoms with E-state index in [0.717, 1.165) is 29.8 Å². The van der Waals surface area contributed by atoms with E-state index in [1.54, 1.807) is 11.3 Å². The van der Waals surface area contributed by atoms with Gasteiger partial charge in [0.1, 0.15) is 5.82 Å². The lowest BCUT2D eigenvalue weighted by atomic mass is 9.94. The summed E-state index contributed by atoms with van der Waals surface area (Å²) in [7, 11) is 0. The van der Waals surface area contributed by atoms with Crippen LogP contribution in [0.2, 0.25) is 0 Å². The largest absolute Gasteiger partial charge is 0.342 e. The second-order valence-corrected chi connectivity index (χ2v) is 7.06. The molecule has 0 bridgehead atoms. The Morgan fingerprint density at radius 3 is 3.09 bits per heavy atom. The number of thiophene rings is 1. The number of hydrogen-bond acceptors (Lipinski definition) is 3. The van der Waals surface area contributed by atoms with E-state index in [4.69, 9.17) is 4.98 Å². The van der Waals surface area contributed by atoms with E-state index < -0.39 is 0 Å². The highest BCUT2D eigenvalue weighted by Gasteiger charge is 2.21. The van der Waals surface area contributed by atoms with Crippen LogP contribution in [0.25, 0.3) is 11.0 Å². The van der Waals surface area contributed by atoms with E-state index in [0.29, 0.717) is 5.92 Å². The summed E-state index contributed by atoms with van der Waals surface area (Å²) in [6.45, 7) is 3.51. The number of fused-ring (bicyclic) bond motifs is 1. The van der Waals surface area contributed by atoms with E-state index in [-0.39, 0.29) is 0 Å². The Labute approximate surface area is 135 Å². The van der Waals surface area contributed by atoms with Crippen molar-refractivity contribution in [3.63, 3.8) is 0 Å². The maximum absolute atomic E-state index is 4.74. The number of hydrogen-bond donors (Lipinski definition) is 1. The Morgan fingerprint density at radius 2 is 2.23 bits per heavy atom. The number of rotatable bonds is 4. The number of nitrogens with one attached hydrogen (secondary N) is 1. The molecule has 2 aromatic heterocycles. The quantitative estimate of drug-likeness (QED) is 0.787. The summed E-state index contributed by atoms with van der Waals surface area (Å²) in [5.41, 5.74) is 3.70. The van der Waals surface area contributed by atoms with Gasteiger partial charge >= 0.3 is 0 Å². The molecule has 3 aromatic rings. The standard InChI is InChI=1S/C18H21N3S/c1-2-6-17-16(5-1)19-18(20-17)10-14-4-3-8-21(11-14)12-15-7-9-22-13-15/h1-2,5-7,9,13-14H,3-4,8,10-12H2,(H,19,20). The molecule has 0 amide bonds. The third-order valence-corrected chi connectivity index (χ3v) is 5.24. The van der Waals surface area contributed by atoms with Crippen molar-refractivity contribution in [2.75, 3.05) is 13.1 Å².